The highest BCUT2D eigenvalue weighted by Crippen LogP contribution is 2.33. The Hall–Kier alpha value is -3.35. The molecule has 2 aliphatic rings. The van der Waals surface area contributed by atoms with Gasteiger partial charge in [0.25, 0.3) is 0 Å². The second-order valence-electron chi connectivity index (χ2n) is 12.3. The molecule has 2 aliphatic heterocycles. The van der Waals surface area contributed by atoms with E-state index in [1.807, 2.05) is 35.2 Å². The van der Waals surface area contributed by atoms with Crippen LogP contribution < -0.4 is 5.32 Å². The van der Waals surface area contributed by atoms with E-state index in [0.29, 0.717) is 24.9 Å². The predicted molar refractivity (Wildman–Crippen MR) is 166 cm³/mol. The molecule has 0 unspecified atom stereocenters. The number of amides is 2. The summed E-state index contributed by atoms with van der Waals surface area (Å²) in [4.78, 5) is 55.7. The summed E-state index contributed by atoms with van der Waals surface area (Å²) in [6.45, 7) is 0.623. The van der Waals surface area contributed by atoms with Crippen LogP contribution in [-0.4, -0.2) is 40.9 Å². The number of rotatable bonds is 7. The van der Waals surface area contributed by atoms with E-state index in [9.17, 15) is 23.6 Å². The van der Waals surface area contributed by atoms with E-state index in [0.717, 1.165) is 69.8 Å². The Morgan fingerprint density at radius 1 is 0.814 bits per heavy atom. The molecule has 0 saturated carbocycles. The maximum absolute atomic E-state index is 14.2. The Labute approximate surface area is 255 Å². The molecule has 2 saturated heterocycles. The van der Waals surface area contributed by atoms with Crippen LogP contribution in [0.25, 0.3) is 0 Å². The van der Waals surface area contributed by atoms with Crippen molar-refractivity contribution in [2.75, 3.05) is 6.54 Å². The largest absolute Gasteiger partial charge is 0.346 e. The molecule has 0 bridgehead atoms. The molecule has 7 heteroatoms. The Bertz CT molecular complexity index is 1220. The Morgan fingerprint density at radius 3 is 2.23 bits per heavy atom. The van der Waals surface area contributed by atoms with Crippen LogP contribution in [0.1, 0.15) is 113 Å². The molecule has 6 nitrogen and oxygen atoms in total. The van der Waals surface area contributed by atoms with E-state index in [1.165, 1.54) is 6.07 Å². The number of ketones is 2. The monoisotopic (exact) mass is 590 g/mol. The number of likely N-dealkylation sites (tertiary alicyclic amines) is 1. The lowest BCUT2D eigenvalue weighted by Gasteiger charge is -2.28. The molecule has 43 heavy (non-hydrogen) atoms. The van der Waals surface area contributed by atoms with Crippen molar-refractivity contribution in [2.45, 2.75) is 115 Å². The van der Waals surface area contributed by atoms with Crippen molar-refractivity contribution in [2.24, 2.45) is 5.92 Å². The fraction of sp³-hybridized carbons (Fsp3) is 0.556. The summed E-state index contributed by atoms with van der Waals surface area (Å²) in [5, 5.41) is 2.95. The summed E-state index contributed by atoms with van der Waals surface area (Å²) in [5.41, 5.74) is 1.55. The molecule has 0 radical (unpaired) electrons. The molecule has 1 N–H and O–H groups in total. The van der Waals surface area contributed by atoms with Gasteiger partial charge in [-0.05, 0) is 49.3 Å². The topological polar surface area (TPSA) is 83.5 Å². The van der Waals surface area contributed by atoms with Gasteiger partial charge in [-0.3, -0.25) is 19.2 Å². The third-order valence-corrected chi connectivity index (χ3v) is 9.03. The number of hydrogen-bond acceptors (Lipinski definition) is 4. The molecule has 0 aliphatic carbocycles. The number of halogens is 1. The summed E-state index contributed by atoms with van der Waals surface area (Å²) in [7, 11) is 0. The minimum absolute atomic E-state index is 0.00243. The maximum atomic E-state index is 14.2. The third kappa shape index (κ3) is 10.1. The van der Waals surface area contributed by atoms with Crippen LogP contribution in [0.15, 0.2) is 54.6 Å². The van der Waals surface area contributed by atoms with E-state index in [2.05, 4.69) is 5.32 Å². The van der Waals surface area contributed by atoms with Crippen LogP contribution in [0.3, 0.4) is 0 Å². The summed E-state index contributed by atoms with van der Waals surface area (Å²) >= 11 is 0. The average Bonchev–Trinajstić information content (AvgIpc) is 3.51. The predicted octanol–water partition coefficient (Wildman–Crippen LogP) is 7.06. The fourth-order valence-corrected chi connectivity index (χ4v) is 6.52. The minimum Gasteiger partial charge on any atom is -0.346 e. The molecule has 0 spiro atoms. The summed E-state index contributed by atoms with van der Waals surface area (Å²) < 4.78 is 14.2. The van der Waals surface area contributed by atoms with Gasteiger partial charge in [0.2, 0.25) is 11.8 Å². The lowest BCUT2D eigenvalue weighted by atomic mass is 9.92. The number of nitrogens with one attached hydrogen (secondary N) is 1. The van der Waals surface area contributed by atoms with Crippen LogP contribution >= 0.6 is 0 Å². The number of nitrogens with zero attached hydrogens (tertiary/aromatic N) is 1. The van der Waals surface area contributed by atoms with Crippen LogP contribution in [0.2, 0.25) is 0 Å². The zero-order valence-corrected chi connectivity index (χ0v) is 25.4. The van der Waals surface area contributed by atoms with Gasteiger partial charge in [0.1, 0.15) is 11.6 Å². The molecule has 2 aromatic carbocycles. The van der Waals surface area contributed by atoms with Gasteiger partial charge in [-0.25, -0.2) is 4.39 Å². The smallest absolute Gasteiger partial charge is 0.224 e. The maximum Gasteiger partial charge on any atom is 0.224 e. The van der Waals surface area contributed by atoms with Crippen molar-refractivity contribution in [1.29, 1.82) is 0 Å². The van der Waals surface area contributed by atoms with Gasteiger partial charge in [0.15, 0.2) is 5.78 Å². The molecule has 0 aromatic heterocycles. The Kier molecular flexibility index (Phi) is 12.9. The molecular weight excluding hydrogens is 543 g/mol. The van der Waals surface area contributed by atoms with Crippen molar-refractivity contribution in [3.63, 3.8) is 0 Å². The van der Waals surface area contributed by atoms with E-state index in [-0.39, 0.29) is 55.0 Å². The molecule has 3 atom stereocenters. The molecule has 232 valence electrons. The Morgan fingerprint density at radius 2 is 1.49 bits per heavy atom. The van der Waals surface area contributed by atoms with E-state index in [4.69, 9.17) is 0 Å². The third-order valence-electron chi connectivity index (χ3n) is 9.03. The van der Waals surface area contributed by atoms with Gasteiger partial charge < -0.3 is 10.2 Å². The summed E-state index contributed by atoms with van der Waals surface area (Å²) in [6, 6.07) is 15.6. The van der Waals surface area contributed by atoms with Gasteiger partial charge in [-0.1, -0.05) is 93.5 Å². The number of benzene rings is 2. The Balaban J connectivity index is 1.48. The first kappa shape index (κ1) is 32.6. The lowest BCUT2D eigenvalue weighted by molar-refractivity contribution is -0.139. The van der Waals surface area contributed by atoms with Crippen LogP contribution in [-0.2, 0) is 25.6 Å². The van der Waals surface area contributed by atoms with Gasteiger partial charge in [-0.2, -0.15) is 0 Å². The number of Topliss-reactive ketones (excluding diaryl/α,β-unsaturated/α-hetero) is 2. The number of aryl methyl sites for hydroxylation is 1. The first-order valence-corrected chi connectivity index (χ1v) is 16.3. The van der Waals surface area contributed by atoms with E-state index < -0.39 is 17.9 Å². The van der Waals surface area contributed by atoms with E-state index >= 15 is 0 Å². The quantitative estimate of drug-likeness (QED) is 0.374. The molecule has 2 aromatic rings. The van der Waals surface area contributed by atoms with Gasteiger partial charge >= 0.3 is 0 Å². The molecule has 2 heterocycles. The zero-order chi connectivity index (χ0) is 30.4. The highest BCUT2D eigenvalue weighted by atomic mass is 19.1. The highest BCUT2D eigenvalue weighted by molar-refractivity contribution is 5.94. The zero-order valence-electron chi connectivity index (χ0n) is 25.4. The minimum atomic E-state index is -0.827. The normalized spacial score (nSPS) is 23.1. The van der Waals surface area contributed by atoms with Crippen molar-refractivity contribution >= 4 is 23.4 Å². The number of hydrogen-bond donors (Lipinski definition) is 1. The van der Waals surface area contributed by atoms with Crippen LogP contribution in [0.4, 0.5) is 4.39 Å². The first-order chi connectivity index (χ1) is 20.9. The van der Waals surface area contributed by atoms with Gasteiger partial charge in [0, 0.05) is 32.2 Å². The van der Waals surface area contributed by atoms with Crippen molar-refractivity contribution in [3.8, 4) is 0 Å². The van der Waals surface area contributed by atoms with Gasteiger partial charge in [-0.15, -0.1) is 0 Å². The molecular formula is C36H47FN2O4. The summed E-state index contributed by atoms with van der Waals surface area (Å²) in [5.74, 6) is -1.86. The van der Waals surface area contributed by atoms with Gasteiger partial charge in [0.05, 0.1) is 18.0 Å². The number of carbonyl (C=O) groups excluding carboxylic acids is 4. The van der Waals surface area contributed by atoms with Crippen LogP contribution in [0, 0.1) is 11.7 Å². The molecule has 4 rings (SSSR count). The highest BCUT2D eigenvalue weighted by Gasteiger charge is 2.34. The van der Waals surface area contributed by atoms with Crippen LogP contribution in [0.5, 0.6) is 0 Å². The first-order valence-electron chi connectivity index (χ1n) is 16.3. The van der Waals surface area contributed by atoms with Crippen molar-refractivity contribution in [3.05, 3.63) is 71.5 Å². The molecule has 2 fully saturated rings. The lowest BCUT2D eigenvalue weighted by Crippen LogP contribution is -2.45. The second-order valence-corrected chi connectivity index (χ2v) is 12.3. The number of carbonyl (C=O) groups is 4. The second kappa shape index (κ2) is 17.1. The standard InChI is InChI=1S/C36H47FN2O4/c37-31-19-13-12-15-27(31)22-23-34(41)32-20-11-6-4-2-1-3-5-10-18-30(40)25-29(36(43)38-32)26-35(42)39-24-14-21-33(39)28-16-8-7-9-17-28/h7-9,12-13,15-17,19,29,32-33H,1-6,10-11,14,18,20-26H2,(H,38,43)/t29-,32-,33+/m0/s1. The van der Waals surface area contributed by atoms with Crippen molar-refractivity contribution < 1.29 is 23.6 Å². The van der Waals surface area contributed by atoms with E-state index in [1.54, 1.807) is 18.2 Å². The van der Waals surface area contributed by atoms with Crippen molar-refractivity contribution in [1.82, 2.24) is 10.2 Å². The SMILES string of the molecule is O=C1CCCCCCCCCC[C@@H](C(=O)CCc2ccccc2F)NC(=O)[C@H](CC(=O)N2CCC[C@@H]2c2ccccc2)C1. The average molecular weight is 591 g/mol. The summed E-state index contributed by atoms with van der Waals surface area (Å²) in [6.07, 6.45) is 10.9. The molecule has 2 amide bonds. The fourth-order valence-electron chi connectivity index (χ4n) is 6.52.